The average molecular weight is 1520 g/mol. The number of carboxylic acid groups (broad SMARTS) is 1. The van der Waals surface area contributed by atoms with Crippen molar-refractivity contribution in [1.82, 2.24) is 15.0 Å². The zero-order valence-corrected chi connectivity index (χ0v) is 60.1. The first-order valence-electron chi connectivity index (χ1n) is 33.0. The molecule has 21 nitrogen and oxygen atoms in total. The molecule has 8 N–H and O–H groups in total. The van der Waals surface area contributed by atoms with Crippen LogP contribution in [0.15, 0.2) is 219 Å². The van der Waals surface area contributed by atoms with Crippen molar-refractivity contribution in [2.45, 2.75) is 141 Å². The smallest absolute Gasteiger partial charge is 0.870 e. The Labute approximate surface area is 647 Å². The minimum absolute atomic E-state index is 0. The van der Waals surface area contributed by atoms with Crippen molar-refractivity contribution in [1.29, 1.82) is 0 Å². The van der Waals surface area contributed by atoms with Gasteiger partial charge in [-0.3, -0.25) is 24.4 Å². The predicted octanol–water partition coefficient (Wildman–Crippen LogP) is 13.9. The second kappa shape index (κ2) is 42.4. The number of aliphatic carboxylic acids is 1. The van der Waals surface area contributed by atoms with Crippen LogP contribution in [0.4, 0.5) is 0 Å². The summed E-state index contributed by atoms with van der Waals surface area (Å²) in [5.41, 5.74) is 30.0. The average Bonchev–Trinajstić information content (AvgIpc) is 1.64. The Morgan fingerprint density at radius 2 is 0.822 bits per heavy atom. The van der Waals surface area contributed by atoms with Crippen molar-refractivity contribution < 1.29 is 90.1 Å². The largest absolute Gasteiger partial charge is 1.00 e. The number of aromatic nitrogens is 3. The quantitative estimate of drug-likeness (QED) is 0.0263. The molecule has 1 saturated heterocycles. The van der Waals surface area contributed by atoms with Gasteiger partial charge < -0.3 is 74.0 Å². The molecule has 0 radical (unpaired) electrons. The molecule has 0 bridgehead atoms. The number of carbonyl (C=O) groups excluding carboxylic acids is 2. The first kappa shape index (κ1) is 89.5. The second-order valence-corrected chi connectivity index (χ2v) is 25.2. The number of carbonyl (C=O) groups is 3. The Kier molecular flexibility index (Phi) is 35.5. The normalized spacial score (nSPS) is 12.0. The van der Waals surface area contributed by atoms with Crippen LogP contribution in [0.2, 0.25) is 0 Å². The number of esters is 2. The topological polar surface area (TPSA) is 322 Å². The molecule has 7 heterocycles. The molecule has 6 aromatic carbocycles. The number of ether oxygens (including phenoxy) is 5. The van der Waals surface area contributed by atoms with Gasteiger partial charge in [0.15, 0.2) is 0 Å². The van der Waals surface area contributed by atoms with E-state index in [0.717, 1.165) is 110 Å². The molecule has 560 valence electrons. The maximum absolute atomic E-state index is 11.9. The summed E-state index contributed by atoms with van der Waals surface area (Å²) in [7, 11) is -0.537. The van der Waals surface area contributed by atoms with Gasteiger partial charge in [0.2, 0.25) is 0 Å². The number of rotatable bonds is 23. The number of benzene rings is 6. The van der Waals surface area contributed by atoms with Crippen molar-refractivity contribution in [2.75, 3.05) is 13.2 Å². The number of nitrogens with zero attached hydrogens (tertiary/aromatic N) is 3. The van der Waals surface area contributed by atoms with Gasteiger partial charge in [-0.1, -0.05) is 109 Å². The van der Waals surface area contributed by atoms with Gasteiger partial charge in [0, 0.05) is 69.1 Å². The van der Waals surface area contributed by atoms with Gasteiger partial charge in [0.05, 0.1) is 90.9 Å². The number of furan rings is 3. The van der Waals surface area contributed by atoms with Gasteiger partial charge in [-0.25, -0.2) is 4.98 Å². The molecule has 1 aliphatic rings. The first-order valence-corrected chi connectivity index (χ1v) is 33.8. The van der Waals surface area contributed by atoms with Crippen LogP contribution in [-0.4, -0.2) is 75.0 Å². The zero-order chi connectivity index (χ0) is 71.5. The van der Waals surface area contributed by atoms with Crippen molar-refractivity contribution in [2.24, 2.45) is 17.2 Å². The third-order valence-corrected chi connectivity index (χ3v) is 17.1. The maximum atomic E-state index is 11.9. The van der Waals surface area contributed by atoms with E-state index in [4.69, 9.17) is 68.6 Å². The molecule has 24 heteroatoms. The molecule has 0 saturated carbocycles. The molecule has 0 atom stereocenters. The fourth-order valence-electron chi connectivity index (χ4n) is 11.0. The third kappa shape index (κ3) is 23.8. The molecule has 0 spiro atoms. The number of para-hydroxylation sites is 3. The predicted molar refractivity (Wildman–Crippen MR) is 420 cm³/mol. The number of hydrogen-bond donors (Lipinski definition) is 4. The van der Waals surface area contributed by atoms with Gasteiger partial charge in [0.25, 0.3) is 0 Å². The summed E-state index contributed by atoms with van der Waals surface area (Å²) in [4.78, 5) is 48.3. The summed E-state index contributed by atoms with van der Waals surface area (Å²) in [6, 6.07) is 57.2. The Bertz CT molecular complexity index is 4800. The summed E-state index contributed by atoms with van der Waals surface area (Å²) in [6.45, 7) is 14.6. The Hall–Kier alpha value is -9.90. The van der Waals surface area contributed by atoms with E-state index in [0.29, 0.717) is 75.5 Å². The Morgan fingerprint density at radius 1 is 0.467 bits per heavy atom. The molecule has 12 aromatic rings. The third-order valence-electron chi connectivity index (χ3n) is 16.7. The van der Waals surface area contributed by atoms with Crippen LogP contribution in [0, 0.1) is 0 Å². The minimum atomic E-state index is -0.894. The zero-order valence-electron chi connectivity index (χ0n) is 58.6. The van der Waals surface area contributed by atoms with Gasteiger partial charge in [-0.05, 0) is 177 Å². The van der Waals surface area contributed by atoms with Crippen LogP contribution in [-0.2, 0) is 91.9 Å². The van der Waals surface area contributed by atoms with Gasteiger partial charge in [-0.2, -0.15) is 0 Å². The van der Waals surface area contributed by atoms with Crippen LogP contribution in [0.3, 0.4) is 0 Å². The summed E-state index contributed by atoms with van der Waals surface area (Å²) >= 11 is 3.24. The fraction of sp³-hybridized carbons (Fsp3) is 0.277. The van der Waals surface area contributed by atoms with Crippen molar-refractivity contribution in [3.05, 3.63) is 256 Å². The number of halogens is 1. The van der Waals surface area contributed by atoms with Crippen molar-refractivity contribution in [3.8, 4) is 39.8 Å². The number of fused-ring (bicyclic) bond motifs is 3. The van der Waals surface area contributed by atoms with E-state index in [1.54, 1.807) is 50.8 Å². The summed E-state index contributed by atoms with van der Waals surface area (Å²) in [5, 5.41) is 12.0. The van der Waals surface area contributed by atoms with E-state index in [1.807, 2.05) is 191 Å². The van der Waals surface area contributed by atoms with Gasteiger partial charge >= 0.3 is 43.9 Å². The van der Waals surface area contributed by atoms with E-state index in [1.165, 1.54) is 0 Å². The number of pyridine rings is 3. The molecule has 1 fully saturated rings. The van der Waals surface area contributed by atoms with Crippen LogP contribution in [0.1, 0.15) is 122 Å². The van der Waals surface area contributed by atoms with Crippen LogP contribution >= 0.6 is 15.9 Å². The molecule has 0 aliphatic carbocycles. The summed E-state index contributed by atoms with van der Waals surface area (Å²) < 4.78 is 58.8. The molecular formula is C83H97BBrLiN6O15. The molecule has 13 rings (SSSR count). The van der Waals surface area contributed by atoms with E-state index in [9.17, 15) is 14.4 Å². The number of hydrogen-bond acceptors (Lipinski definition) is 20. The Balaban J connectivity index is 0.000000312. The standard InChI is InChI=1S/C25H29BO6.C25H24N2O4.C23H20N2O4.C6H7BrN2.4CH4.Li.H2O/c1-6-28-22(27)15-18-9-7-8-10-21(18)30-16-17-13-19-11-12-29-23(19)20(14-17)26-31-24(2,3)25(4,5)32-26;1-2-29-24(28)14-18-6-3-4-9-23(18)31-16-17-12-19-10-11-30-25(19)21(13-17)22-8-5-7-20(15-26)27-22;24-13-18-5-3-6-20(25-18)19-11-15(10-17-8-9-28-23(17)19)14-29-21-7-2-1-4-16(21)12-22(26)27;7-6-3-1-2-5(4-8)9-6;;;;;;/h7-14H,6,15-16H2,1-5H3;3-13H,2,14-16,26H2,1H3;1-11H,12-14,24H2,(H,26,27);1-3H,4,8H2;4*1H4;;1H2/q;;;;;;;;+1;/p-1. The molecule has 0 amide bonds. The van der Waals surface area contributed by atoms with E-state index >= 15 is 0 Å². The maximum Gasteiger partial charge on any atom is 1.00 e. The second-order valence-electron chi connectivity index (χ2n) is 24.4. The van der Waals surface area contributed by atoms with Crippen molar-refractivity contribution in [3.63, 3.8) is 0 Å². The summed E-state index contributed by atoms with van der Waals surface area (Å²) in [5.74, 6) is 0.441. The molecular weight excluding hydrogens is 1420 g/mol. The van der Waals surface area contributed by atoms with Crippen LogP contribution in [0.5, 0.6) is 17.2 Å². The van der Waals surface area contributed by atoms with Gasteiger partial charge in [-0.15, -0.1) is 0 Å². The molecule has 1 aliphatic heterocycles. The van der Waals surface area contributed by atoms with Gasteiger partial charge in [0.1, 0.15) is 58.4 Å². The summed E-state index contributed by atoms with van der Waals surface area (Å²) in [6.07, 6.45) is 5.24. The van der Waals surface area contributed by atoms with E-state index < -0.39 is 24.3 Å². The molecule has 0 unspecified atom stereocenters. The number of nitrogens with two attached hydrogens (primary N) is 3. The van der Waals surface area contributed by atoms with E-state index in [2.05, 4.69) is 30.9 Å². The van der Waals surface area contributed by atoms with E-state index in [-0.39, 0.29) is 85.2 Å². The van der Waals surface area contributed by atoms with Crippen LogP contribution in [0.25, 0.3) is 55.4 Å². The minimum Gasteiger partial charge on any atom is -0.870 e. The first-order chi connectivity index (χ1) is 48.8. The van der Waals surface area contributed by atoms with Crippen LogP contribution < -0.4 is 55.7 Å². The molecule has 6 aromatic heterocycles. The Morgan fingerprint density at radius 3 is 1.20 bits per heavy atom. The van der Waals surface area contributed by atoms with Crippen molar-refractivity contribution >= 4 is 79.3 Å². The molecule has 107 heavy (non-hydrogen) atoms. The monoisotopic (exact) mass is 1510 g/mol. The SMILES string of the molecule is C.C.C.C.CCOC(=O)Cc1ccccc1OCc1cc(-c2cccc(CN)n2)c2occc2c1.CCOC(=O)Cc1ccccc1OCc1cc(B2OC(C)(C)C(C)(C)O2)c2occc2c1.NCc1cccc(-c2cc(COc3ccccc3CC(=O)O)cc3ccoc23)n1.NCc1cccc(Br)n1.[Li+].[OH-]. The fourth-order valence-corrected chi connectivity index (χ4v) is 11.4. The number of carboxylic acids is 1.